The first-order chi connectivity index (χ1) is 13.9. The van der Waals surface area contributed by atoms with Gasteiger partial charge in [-0.2, -0.15) is 0 Å². The van der Waals surface area contributed by atoms with Crippen LogP contribution >= 0.6 is 22.7 Å². The quantitative estimate of drug-likeness (QED) is 0.434. The second kappa shape index (κ2) is 7.93. The molecule has 1 aliphatic heterocycles. The van der Waals surface area contributed by atoms with Gasteiger partial charge in [-0.05, 0) is 20.2 Å². The third kappa shape index (κ3) is 4.02. The number of carbonyl (C=O) groups is 1. The van der Waals surface area contributed by atoms with Crippen LogP contribution in [0.15, 0.2) is 24.3 Å². The van der Waals surface area contributed by atoms with Gasteiger partial charge in [0.25, 0.3) is 5.91 Å². The van der Waals surface area contributed by atoms with Crippen LogP contribution in [0.5, 0.6) is 11.5 Å². The second-order valence-electron chi connectivity index (χ2n) is 6.62. The van der Waals surface area contributed by atoms with Crippen molar-refractivity contribution in [2.75, 3.05) is 45.3 Å². The molecule has 0 spiro atoms. The van der Waals surface area contributed by atoms with E-state index in [9.17, 15) is 14.9 Å². The highest BCUT2D eigenvalue weighted by molar-refractivity contribution is 7.22. The third-order valence-corrected chi connectivity index (χ3v) is 6.34. The highest BCUT2D eigenvalue weighted by Gasteiger charge is 2.25. The molecule has 0 aliphatic carbocycles. The molecule has 0 unspecified atom stereocenters. The topological polar surface area (TPSA) is 98.0 Å². The van der Waals surface area contributed by atoms with Gasteiger partial charge in [0.15, 0.2) is 16.6 Å². The van der Waals surface area contributed by atoms with Gasteiger partial charge >= 0.3 is 5.00 Å². The first-order valence-corrected chi connectivity index (χ1v) is 10.5. The normalized spacial score (nSPS) is 13.1. The summed E-state index contributed by atoms with van der Waals surface area (Å²) in [5, 5.41) is 11.5. The number of hydrogen-bond acceptors (Lipinski definition) is 9. The largest absolute Gasteiger partial charge is 0.486 e. The summed E-state index contributed by atoms with van der Waals surface area (Å²) >= 11 is 2.24. The van der Waals surface area contributed by atoms with E-state index in [1.807, 2.05) is 31.1 Å². The zero-order valence-electron chi connectivity index (χ0n) is 15.8. The fourth-order valence-corrected chi connectivity index (χ4v) is 4.60. The predicted molar refractivity (Wildman–Crippen MR) is 112 cm³/mol. The second-order valence-corrected chi connectivity index (χ2v) is 8.69. The minimum absolute atomic E-state index is 0.0628. The molecule has 1 amide bonds. The maximum absolute atomic E-state index is 13.1. The van der Waals surface area contributed by atoms with E-state index in [2.05, 4.69) is 4.98 Å². The van der Waals surface area contributed by atoms with Crippen LogP contribution in [-0.4, -0.2) is 61.1 Å². The first kappa shape index (κ1) is 19.6. The summed E-state index contributed by atoms with van der Waals surface area (Å²) in [5.74, 6) is 1.00. The lowest BCUT2D eigenvalue weighted by atomic mass is 10.3. The first-order valence-electron chi connectivity index (χ1n) is 8.83. The molecule has 2 aromatic heterocycles. The Kier molecular flexibility index (Phi) is 5.35. The summed E-state index contributed by atoms with van der Waals surface area (Å²) in [6, 6.07) is 6.52. The number of carbonyl (C=O) groups excluding carboxylic acids is 1. The number of fused-ring (bicyclic) bond motifs is 2. The molecule has 152 valence electrons. The number of thiophene rings is 1. The van der Waals surface area contributed by atoms with Crippen molar-refractivity contribution in [2.45, 2.75) is 0 Å². The van der Waals surface area contributed by atoms with Crippen LogP contribution < -0.4 is 14.4 Å². The van der Waals surface area contributed by atoms with Gasteiger partial charge in [-0.25, -0.2) is 4.98 Å². The van der Waals surface area contributed by atoms with Crippen LogP contribution in [0.3, 0.4) is 0 Å². The molecule has 29 heavy (non-hydrogen) atoms. The van der Waals surface area contributed by atoms with E-state index in [1.54, 1.807) is 4.90 Å². The van der Waals surface area contributed by atoms with Crippen molar-refractivity contribution in [1.29, 1.82) is 0 Å². The molecule has 0 atom stereocenters. The lowest BCUT2D eigenvalue weighted by Gasteiger charge is -2.21. The highest BCUT2D eigenvalue weighted by Crippen LogP contribution is 2.39. The molecule has 1 aromatic carbocycles. The Morgan fingerprint density at radius 3 is 2.55 bits per heavy atom. The van der Waals surface area contributed by atoms with Gasteiger partial charge in [0.05, 0.1) is 20.0 Å². The Morgan fingerprint density at radius 1 is 1.17 bits per heavy atom. The van der Waals surface area contributed by atoms with Crippen molar-refractivity contribution < 1.29 is 19.2 Å². The smallest absolute Gasteiger partial charge is 0.324 e. The average Bonchev–Trinajstić information content (AvgIpc) is 3.33. The highest BCUT2D eigenvalue weighted by atomic mass is 32.1. The van der Waals surface area contributed by atoms with Crippen molar-refractivity contribution in [1.82, 2.24) is 9.88 Å². The van der Waals surface area contributed by atoms with Gasteiger partial charge < -0.3 is 14.4 Å². The summed E-state index contributed by atoms with van der Waals surface area (Å²) in [6.45, 7) is 2.01. The molecule has 11 heteroatoms. The Morgan fingerprint density at radius 2 is 1.90 bits per heavy atom. The number of benzene rings is 1. The molecule has 0 N–H and O–H groups in total. The number of thiazole rings is 1. The van der Waals surface area contributed by atoms with E-state index >= 15 is 0 Å². The molecule has 0 radical (unpaired) electrons. The zero-order valence-corrected chi connectivity index (χ0v) is 17.4. The minimum Gasteiger partial charge on any atom is -0.486 e. The molecule has 0 saturated heterocycles. The molecular weight excluding hydrogens is 416 g/mol. The molecule has 0 bridgehead atoms. The number of anilines is 1. The summed E-state index contributed by atoms with van der Waals surface area (Å²) in [6.07, 6.45) is 0. The number of amides is 1. The number of likely N-dealkylation sites (N-methyl/N-ethyl adjacent to an activating group) is 1. The Bertz CT molecular complexity index is 1030. The van der Waals surface area contributed by atoms with Crippen molar-refractivity contribution in [2.24, 2.45) is 0 Å². The Labute approximate surface area is 174 Å². The number of hydrogen-bond donors (Lipinski definition) is 0. The summed E-state index contributed by atoms with van der Waals surface area (Å²) < 4.78 is 12.1. The maximum atomic E-state index is 13.1. The lowest BCUT2D eigenvalue weighted by Crippen LogP contribution is -2.36. The lowest BCUT2D eigenvalue weighted by molar-refractivity contribution is -0.380. The number of nitro groups is 1. The number of ether oxygens (including phenoxy) is 2. The van der Waals surface area contributed by atoms with Gasteiger partial charge in [0, 0.05) is 31.3 Å². The molecule has 0 fully saturated rings. The summed E-state index contributed by atoms with van der Waals surface area (Å²) in [5.41, 5.74) is 0.717. The van der Waals surface area contributed by atoms with E-state index < -0.39 is 4.92 Å². The van der Waals surface area contributed by atoms with Crippen molar-refractivity contribution >= 4 is 48.9 Å². The maximum Gasteiger partial charge on any atom is 0.324 e. The van der Waals surface area contributed by atoms with E-state index in [0.717, 1.165) is 16.0 Å². The monoisotopic (exact) mass is 434 g/mol. The average molecular weight is 434 g/mol. The van der Waals surface area contributed by atoms with Crippen molar-refractivity contribution in [3.63, 3.8) is 0 Å². The van der Waals surface area contributed by atoms with Crippen LogP contribution in [0.25, 0.3) is 10.2 Å². The number of nitrogens with zero attached hydrogens (tertiary/aromatic N) is 4. The fourth-order valence-electron chi connectivity index (χ4n) is 2.83. The SMILES string of the molecule is CN(C)CCN(C(=O)c1ccc([N+](=O)[O-])s1)c1nc2cc3c(cc2s1)OCCO3. The van der Waals surface area contributed by atoms with Gasteiger partial charge in [-0.3, -0.25) is 19.8 Å². The molecular formula is C18H18N4O5S2. The number of rotatable bonds is 6. The number of aromatic nitrogens is 1. The predicted octanol–water partition coefficient (Wildman–Crippen LogP) is 3.25. The van der Waals surface area contributed by atoms with Crippen LogP contribution in [0.1, 0.15) is 9.67 Å². The molecule has 3 aromatic rings. The fraction of sp³-hybridized carbons (Fsp3) is 0.333. The minimum atomic E-state index is -0.492. The summed E-state index contributed by atoms with van der Waals surface area (Å²) in [7, 11) is 3.83. The molecule has 4 rings (SSSR count). The van der Waals surface area contributed by atoms with Crippen LogP contribution in [-0.2, 0) is 0 Å². The molecule has 3 heterocycles. The van der Waals surface area contributed by atoms with Crippen molar-refractivity contribution in [3.05, 3.63) is 39.3 Å². The molecule has 1 aliphatic rings. The van der Waals surface area contributed by atoms with Crippen LogP contribution in [0.2, 0.25) is 0 Å². The zero-order chi connectivity index (χ0) is 20.5. The molecule has 9 nitrogen and oxygen atoms in total. The van der Waals surface area contributed by atoms with Crippen LogP contribution in [0, 0.1) is 10.1 Å². The van der Waals surface area contributed by atoms with E-state index in [1.165, 1.54) is 23.5 Å². The van der Waals surface area contributed by atoms with Gasteiger partial charge in [-0.15, -0.1) is 0 Å². The Hall–Kier alpha value is -2.76. The van der Waals surface area contributed by atoms with Gasteiger partial charge in [0.2, 0.25) is 0 Å². The summed E-state index contributed by atoms with van der Waals surface area (Å²) in [4.78, 5) is 32.1. The van der Waals surface area contributed by atoms with Crippen molar-refractivity contribution in [3.8, 4) is 11.5 Å². The Balaban J connectivity index is 1.70. The van der Waals surface area contributed by atoms with E-state index in [4.69, 9.17) is 9.47 Å². The van der Waals surface area contributed by atoms with Gasteiger partial charge in [-0.1, -0.05) is 22.7 Å². The standard InChI is InChI=1S/C18H18N4O5S2/c1-20(2)5-6-21(17(23)14-3-4-16(28-14)22(24)25)18-19-11-9-12-13(10-15(11)29-18)27-8-7-26-12/h3-4,9-10H,5-8H2,1-2H3. The molecule has 0 saturated carbocycles. The van der Waals surface area contributed by atoms with Gasteiger partial charge in [0.1, 0.15) is 13.2 Å². The van der Waals surface area contributed by atoms with Crippen LogP contribution in [0.4, 0.5) is 10.1 Å². The van der Waals surface area contributed by atoms with E-state index in [-0.39, 0.29) is 10.9 Å². The third-order valence-electron chi connectivity index (χ3n) is 4.27. The van der Waals surface area contributed by atoms with E-state index in [0.29, 0.717) is 53.3 Å².